The third-order valence-electron chi connectivity index (χ3n) is 1.89. The molecule has 0 bridgehead atoms. The van der Waals surface area contributed by atoms with Crippen molar-refractivity contribution >= 4 is 0 Å². The molecule has 0 fully saturated rings. The van der Waals surface area contributed by atoms with Crippen LogP contribution in [0.1, 0.15) is 33.1 Å². The lowest BCUT2D eigenvalue weighted by molar-refractivity contribution is 0.0909. The molecule has 0 aliphatic heterocycles. The van der Waals surface area contributed by atoms with Crippen LogP contribution in [0.3, 0.4) is 0 Å². The standard InChI is InChI=1S/C10H21NO/c1-4-7-10(11,8-5-2)9-12-6-3/h4H,1,5-9,11H2,2-3H3. The average Bonchev–Trinajstić information content (AvgIpc) is 2.02. The summed E-state index contributed by atoms with van der Waals surface area (Å²) in [6.07, 6.45) is 4.80. The molecule has 12 heavy (non-hydrogen) atoms. The van der Waals surface area contributed by atoms with Crippen molar-refractivity contribution in [1.29, 1.82) is 0 Å². The molecule has 2 N–H and O–H groups in total. The molecule has 0 amide bonds. The highest BCUT2D eigenvalue weighted by Gasteiger charge is 2.21. The lowest BCUT2D eigenvalue weighted by Crippen LogP contribution is -2.44. The predicted molar refractivity (Wildman–Crippen MR) is 53.1 cm³/mol. The monoisotopic (exact) mass is 171 g/mol. The van der Waals surface area contributed by atoms with E-state index in [0.717, 1.165) is 25.9 Å². The second-order valence-electron chi connectivity index (χ2n) is 3.24. The van der Waals surface area contributed by atoms with Crippen LogP contribution in [0.25, 0.3) is 0 Å². The fourth-order valence-electron chi connectivity index (χ4n) is 1.32. The summed E-state index contributed by atoms with van der Waals surface area (Å²) in [5.74, 6) is 0. The number of ether oxygens (including phenoxy) is 1. The molecule has 0 saturated heterocycles. The van der Waals surface area contributed by atoms with Gasteiger partial charge in [0.1, 0.15) is 0 Å². The summed E-state index contributed by atoms with van der Waals surface area (Å²) in [7, 11) is 0. The topological polar surface area (TPSA) is 35.2 Å². The van der Waals surface area contributed by atoms with Gasteiger partial charge < -0.3 is 10.5 Å². The van der Waals surface area contributed by atoms with Gasteiger partial charge in [-0.15, -0.1) is 6.58 Å². The first kappa shape index (κ1) is 11.7. The summed E-state index contributed by atoms with van der Waals surface area (Å²) in [4.78, 5) is 0. The van der Waals surface area contributed by atoms with Crippen molar-refractivity contribution in [2.45, 2.75) is 38.6 Å². The van der Waals surface area contributed by atoms with E-state index >= 15 is 0 Å². The number of nitrogens with two attached hydrogens (primary N) is 1. The second kappa shape index (κ2) is 6.21. The summed E-state index contributed by atoms with van der Waals surface area (Å²) in [5.41, 5.74) is 5.92. The molecular formula is C10H21NO. The molecule has 2 nitrogen and oxygen atoms in total. The Morgan fingerprint density at radius 1 is 1.50 bits per heavy atom. The van der Waals surface area contributed by atoms with Crippen molar-refractivity contribution in [3.05, 3.63) is 12.7 Å². The Morgan fingerprint density at radius 2 is 2.17 bits per heavy atom. The second-order valence-corrected chi connectivity index (χ2v) is 3.24. The number of hydrogen-bond acceptors (Lipinski definition) is 2. The highest BCUT2D eigenvalue weighted by Crippen LogP contribution is 2.15. The molecule has 72 valence electrons. The van der Waals surface area contributed by atoms with E-state index in [2.05, 4.69) is 13.5 Å². The quantitative estimate of drug-likeness (QED) is 0.595. The molecule has 0 rings (SSSR count). The number of rotatable bonds is 7. The van der Waals surface area contributed by atoms with Gasteiger partial charge in [0.05, 0.1) is 6.61 Å². The van der Waals surface area contributed by atoms with Crippen LogP contribution in [-0.2, 0) is 4.74 Å². The maximum atomic E-state index is 6.11. The molecule has 2 heteroatoms. The van der Waals surface area contributed by atoms with Crippen LogP contribution < -0.4 is 5.73 Å². The van der Waals surface area contributed by atoms with Gasteiger partial charge in [-0.25, -0.2) is 0 Å². The minimum Gasteiger partial charge on any atom is -0.380 e. The molecule has 0 aliphatic carbocycles. The zero-order chi connectivity index (χ0) is 9.45. The molecule has 0 spiro atoms. The Bertz CT molecular complexity index is 125. The van der Waals surface area contributed by atoms with E-state index < -0.39 is 0 Å². The van der Waals surface area contributed by atoms with Gasteiger partial charge in [-0.1, -0.05) is 19.4 Å². The molecule has 0 aliphatic rings. The molecule has 0 heterocycles. The van der Waals surface area contributed by atoms with Gasteiger partial charge in [0.25, 0.3) is 0 Å². The number of hydrogen-bond donors (Lipinski definition) is 1. The highest BCUT2D eigenvalue weighted by molar-refractivity contribution is 4.90. The summed E-state index contributed by atoms with van der Waals surface area (Å²) in [6, 6.07) is 0. The van der Waals surface area contributed by atoms with E-state index in [4.69, 9.17) is 10.5 Å². The van der Waals surface area contributed by atoms with Crippen LogP contribution in [0.5, 0.6) is 0 Å². The Hall–Kier alpha value is -0.340. The van der Waals surface area contributed by atoms with Gasteiger partial charge >= 0.3 is 0 Å². The molecule has 0 aromatic carbocycles. The Labute approximate surface area is 75.8 Å². The summed E-state index contributed by atoms with van der Waals surface area (Å²) in [6.45, 7) is 9.20. The molecule has 0 aromatic heterocycles. The predicted octanol–water partition coefficient (Wildman–Crippen LogP) is 2.10. The van der Waals surface area contributed by atoms with E-state index in [1.54, 1.807) is 0 Å². The van der Waals surface area contributed by atoms with Crippen LogP contribution in [-0.4, -0.2) is 18.8 Å². The zero-order valence-electron chi connectivity index (χ0n) is 8.31. The Morgan fingerprint density at radius 3 is 2.58 bits per heavy atom. The molecule has 1 unspecified atom stereocenters. The normalized spacial score (nSPS) is 15.6. The Balaban J connectivity index is 3.88. The summed E-state index contributed by atoms with van der Waals surface area (Å²) >= 11 is 0. The van der Waals surface area contributed by atoms with Crippen LogP contribution in [0, 0.1) is 0 Å². The van der Waals surface area contributed by atoms with Crippen LogP contribution in [0.4, 0.5) is 0 Å². The van der Waals surface area contributed by atoms with Crippen molar-refractivity contribution in [3.8, 4) is 0 Å². The molecule has 0 aromatic rings. The first-order valence-electron chi connectivity index (χ1n) is 4.66. The lowest BCUT2D eigenvalue weighted by Gasteiger charge is -2.27. The van der Waals surface area contributed by atoms with Crippen molar-refractivity contribution in [3.63, 3.8) is 0 Å². The first-order chi connectivity index (χ1) is 5.68. The molecule has 0 radical (unpaired) electrons. The van der Waals surface area contributed by atoms with Gasteiger partial charge in [-0.05, 0) is 19.8 Å². The molecule has 1 atom stereocenters. The van der Waals surface area contributed by atoms with Crippen molar-refractivity contribution in [1.82, 2.24) is 0 Å². The van der Waals surface area contributed by atoms with Crippen LogP contribution in [0.2, 0.25) is 0 Å². The fourth-order valence-corrected chi connectivity index (χ4v) is 1.32. The third kappa shape index (κ3) is 4.52. The summed E-state index contributed by atoms with van der Waals surface area (Å²) in [5, 5.41) is 0. The van der Waals surface area contributed by atoms with Gasteiger partial charge in [0, 0.05) is 12.1 Å². The minimum atomic E-state index is -0.188. The molecule has 0 saturated carbocycles. The van der Waals surface area contributed by atoms with E-state index in [1.807, 2.05) is 13.0 Å². The fraction of sp³-hybridized carbons (Fsp3) is 0.800. The van der Waals surface area contributed by atoms with E-state index in [9.17, 15) is 0 Å². The maximum absolute atomic E-state index is 6.11. The molecular weight excluding hydrogens is 150 g/mol. The summed E-state index contributed by atoms with van der Waals surface area (Å²) < 4.78 is 5.33. The lowest BCUT2D eigenvalue weighted by atomic mass is 9.92. The van der Waals surface area contributed by atoms with E-state index in [-0.39, 0.29) is 5.54 Å². The Kier molecular flexibility index (Phi) is 6.03. The van der Waals surface area contributed by atoms with Crippen molar-refractivity contribution in [2.75, 3.05) is 13.2 Å². The SMILES string of the molecule is C=CCC(N)(CCC)COCC. The van der Waals surface area contributed by atoms with E-state index in [0.29, 0.717) is 6.61 Å². The van der Waals surface area contributed by atoms with Crippen LogP contribution >= 0.6 is 0 Å². The van der Waals surface area contributed by atoms with Crippen molar-refractivity contribution in [2.24, 2.45) is 5.73 Å². The third-order valence-corrected chi connectivity index (χ3v) is 1.89. The van der Waals surface area contributed by atoms with Gasteiger partial charge in [0.15, 0.2) is 0 Å². The van der Waals surface area contributed by atoms with Gasteiger partial charge in [0.2, 0.25) is 0 Å². The van der Waals surface area contributed by atoms with E-state index in [1.165, 1.54) is 0 Å². The largest absolute Gasteiger partial charge is 0.380 e. The first-order valence-corrected chi connectivity index (χ1v) is 4.66. The average molecular weight is 171 g/mol. The zero-order valence-corrected chi connectivity index (χ0v) is 8.31. The van der Waals surface area contributed by atoms with Crippen LogP contribution in [0.15, 0.2) is 12.7 Å². The van der Waals surface area contributed by atoms with Gasteiger partial charge in [-0.2, -0.15) is 0 Å². The minimum absolute atomic E-state index is 0.188. The highest BCUT2D eigenvalue weighted by atomic mass is 16.5. The van der Waals surface area contributed by atoms with Crippen molar-refractivity contribution < 1.29 is 4.74 Å². The van der Waals surface area contributed by atoms with Gasteiger partial charge in [-0.3, -0.25) is 0 Å². The smallest absolute Gasteiger partial charge is 0.0649 e. The maximum Gasteiger partial charge on any atom is 0.0649 e.